The number of benzene rings is 1. The van der Waals surface area contributed by atoms with Crippen LogP contribution in [0.3, 0.4) is 0 Å². The molecule has 1 unspecified atom stereocenters. The fourth-order valence-electron chi connectivity index (χ4n) is 0.995. The molecule has 0 heterocycles. The molecular formula is C11H10N2O2S. The summed E-state index contributed by atoms with van der Waals surface area (Å²) in [6.07, 6.45) is 5.19. The molecule has 1 aromatic carbocycles. The van der Waals surface area contributed by atoms with Gasteiger partial charge in [0.2, 0.25) is 10.0 Å². The third kappa shape index (κ3) is 2.75. The Kier molecular flexibility index (Phi) is 3.55. The molecule has 0 fully saturated rings. The second-order valence-corrected chi connectivity index (χ2v) is 5.14. The van der Waals surface area contributed by atoms with Crippen LogP contribution >= 0.6 is 0 Å². The summed E-state index contributed by atoms with van der Waals surface area (Å²) in [5.41, 5.74) is 0.933. The lowest BCUT2D eigenvalue weighted by molar-refractivity contribution is 0.597. The zero-order chi connectivity index (χ0) is 12.2. The molecule has 5 heteroatoms. The molecular weight excluding hydrogens is 224 g/mol. The van der Waals surface area contributed by atoms with Crippen molar-refractivity contribution < 1.29 is 8.42 Å². The van der Waals surface area contributed by atoms with Crippen molar-refractivity contribution >= 4 is 15.7 Å². The predicted octanol–water partition coefficient (Wildman–Crippen LogP) is 1.32. The molecule has 0 saturated carbocycles. The topological polar surface area (TPSA) is 70.0 Å². The van der Waals surface area contributed by atoms with E-state index in [-0.39, 0.29) is 0 Å². The van der Waals surface area contributed by atoms with Gasteiger partial charge in [0.05, 0.1) is 6.07 Å². The van der Waals surface area contributed by atoms with Crippen molar-refractivity contribution in [2.24, 2.45) is 0 Å². The minimum atomic E-state index is -3.67. The number of nitrogens with zero attached hydrogens (tertiary/aromatic N) is 1. The van der Waals surface area contributed by atoms with Gasteiger partial charge in [-0.05, 0) is 25.1 Å². The van der Waals surface area contributed by atoms with Gasteiger partial charge in [-0.2, -0.15) is 5.26 Å². The predicted molar refractivity (Wildman–Crippen MR) is 62.0 cm³/mol. The summed E-state index contributed by atoms with van der Waals surface area (Å²) in [5.74, 6) is 2.40. The van der Waals surface area contributed by atoms with E-state index in [0.717, 1.165) is 0 Å². The molecule has 16 heavy (non-hydrogen) atoms. The summed E-state index contributed by atoms with van der Waals surface area (Å²) < 4.78 is 25.4. The van der Waals surface area contributed by atoms with Crippen LogP contribution in [0.2, 0.25) is 0 Å². The highest BCUT2D eigenvalue weighted by molar-refractivity contribution is 7.93. The van der Waals surface area contributed by atoms with Crippen LogP contribution in [-0.2, 0) is 10.0 Å². The quantitative estimate of drug-likeness (QED) is 0.802. The first-order valence-corrected chi connectivity index (χ1v) is 6.02. The van der Waals surface area contributed by atoms with Crippen LogP contribution in [0.25, 0.3) is 0 Å². The summed E-state index contributed by atoms with van der Waals surface area (Å²) in [4.78, 5) is 0. The molecule has 1 rings (SSSR count). The molecule has 4 nitrogen and oxygen atoms in total. The first-order valence-electron chi connectivity index (χ1n) is 4.47. The molecule has 0 aliphatic carbocycles. The van der Waals surface area contributed by atoms with E-state index >= 15 is 0 Å². The Morgan fingerprint density at radius 3 is 2.75 bits per heavy atom. The zero-order valence-corrected chi connectivity index (χ0v) is 9.45. The fourth-order valence-corrected chi connectivity index (χ4v) is 1.77. The van der Waals surface area contributed by atoms with Gasteiger partial charge < -0.3 is 0 Å². The Labute approximate surface area is 95.0 Å². The van der Waals surface area contributed by atoms with Gasteiger partial charge in [0.1, 0.15) is 0 Å². The third-order valence-corrected chi connectivity index (χ3v) is 3.49. The summed E-state index contributed by atoms with van der Waals surface area (Å²) in [6.45, 7) is 1.31. The first kappa shape index (κ1) is 12.1. The Morgan fingerprint density at radius 2 is 2.19 bits per heavy atom. The average molecular weight is 234 g/mol. The second-order valence-electron chi connectivity index (χ2n) is 3.14. The normalized spacial score (nSPS) is 12.2. The summed E-state index contributed by atoms with van der Waals surface area (Å²) >= 11 is 0. The Bertz CT molecular complexity index is 564. The van der Waals surface area contributed by atoms with Gasteiger partial charge in [-0.25, -0.2) is 8.42 Å². The number of terminal acetylenes is 1. The number of rotatable bonds is 3. The van der Waals surface area contributed by atoms with Gasteiger partial charge in [-0.3, -0.25) is 4.72 Å². The van der Waals surface area contributed by atoms with Crippen LogP contribution < -0.4 is 4.72 Å². The molecule has 0 aliphatic rings. The maximum Gasteiger partial charge on any atom is 0.248 e. The van der Waals surface area contributed by atoms with Gasteiger partial charge in [0.15, 0.2) is 5.25 Å². The summed E-state index contributed by atoms with van der Waals surface area (Å²) in [5, 5.41) is 7.44. The van der Waals surface area contributed by atoms with Crippen molar-refractivity contribution in [2.45, 2.75) is 12.2 Å². The fraction of sp³-hybridized carbons (Fsp3) is 0.182. The molecule has 1 N–H and O–H groups in total. The van der Waals surface area contributed by atoms with Crippen LogP contribution in [-0.4, -0.2) is 13.7 Å². The van der Waals surface area contributed by atoms with E-state index in [1.807, 2.05) is 0 Å². The van der Waals surface area contributed by atoms with Crippen LogP contribution in [0, 0.1) is 23.7 Å². The van der Waals surface area contributed by atoms with Crippen LogP contribution in [0.4, 0.5) is 5.69 Å². The maximum absolute atomic E-state index is 11.5. The van der Waals surface area contributed by atoms with Crippen molar-refractivity contribution in [1.29, 1.82) is 5.26 Å². The molecule has 1 atom stereocenters. The molecule has 0 aliphatic heterocycles. The minimum absolute atomic E-state index is 0.359. The minimum Gasteiger partial charge on any atom is -0.282 e. The number of anilines is 1. The SMILES string of the molecule is C#Cc1cccc(NS(=O)(=O)C(C)C#N)c1. The highest BCUT2D eigenvalue weighted by atomic mass is 32.2. The summed E-state index contributed by atoms with van der Waals surface area (Å²) in [6, 6.07) is 8.09. The van der Waals surface area contributed by atoms with Gasteiger partial charge in [-0.15, -0.1) is 6.42 Å². The van der Waals surface area contributed by atoms with Crippen molar-refractivity contribution in [3.05, 3.63) is 29.8 Å². The van der Waals surface area contributed by atoms with Gasteiger partial charge in [0, 0.05) is 11.3 Å². The lowest BCUT2D eigenvalue weighted by Crippen LogP contribution is -2.23. The van der Waals surface area contributed by atoms with Crippen molar-refractivity contribution in [1.82, 2.24) is 0 Å². The Morgan fingerprint density at radius 1 is 1.50 bits per heavy atom. The lowest BCUT2D eigenvalue weighted by atomic mass is 10.2. The molecule has 0 aromatic heterocycles. The van der Waals surface area contributed by atoms with E-state index in [0.29, 0.717) is 11.3 Å². The van der Waals surface area contributed by atoms with Gasteiger partial charge in [0.25, 0.3) is 0 Å². The van der Waals surface area contributed by atoms with E-state index in [9.17, 15) is 8.42 Å². The molecule has 0 saturated heterocycles. The number of nitrogens with one attached hydrogen (secondary N) is 1. The largest absolute Gasteiger partial charge is 0.282 e. The highest BCUT2D eigenvalue weighted by Crippen LogP contribution is 2.13. The summed E-state index contributed by atoms with van der Waals surface area (Å²) in [7, 11) is -3.67. The monoisotopic (exact) mass is 234 g/mol. The zero-order valence-electron chi connectivity index (χ0n) is 8.64. The van der Waals surface area contributed by atoms with E-state index in [1.165, 1.54) is 13.0 Å². The van der Waals surface area contributed by atoms with Gasteiger partial charge >= 0.3 is 0 Å². The number of hydrogen-bond acceptors (Lipinski definition) is 3. The molecule has 1 aromatic rings. The maximum atomic E-state index is 11.5. The second kappa shape index (κ2) is 4.69. The Balaban J connectivity index is 2.99. The molecule has 0 spiro atoms. The van der Waals surface area contributed by atoms with Crippen LogP contribution in [0.15, 0.2) is 24.3 Å². The van der Waals surface area contributed by atoms with E-state index in [1.54, 1.807) is 24.3 Å². The molecule has 82 valence electrons. The standard InChI is InChI=1S/C11H10N2O2S/c1-3-10-5-4-6-11(7-10)13-16(14,15)9(2)8-12/h1,4-7,9,13H,2H3. The highest BCUT2D eigenvalue weighted by Gasteiger charge is 2.19. The lowest BCUT2D eigenvalue weighted by Gasteiger charge is -2.09. The third-order valence-electron chi connectivity index (χ3n) is 1.94. The van der Waals surface area contributed by atoms with E-state index in [2.05, 4.69) is 10.6 Å². The van der Waals surface area contributed by atoms with E-state index < -0.39 is 15.3 Å². The van der Waals surface area contributed by atoms with Crippen LogP contribution in [0.5, 0.6) is 0 Å². The van der Waals surface area contributed by atoms with Crippen molar-refractivity contribution in [2.75, 3.05) is 4.72 Å². The smallest absolute Gasteiger partial charge is 0.248 e. The molecule has 0 bridgehead atoms. The van der Waals surface area contributed by atoms with Crippen molar-refractivity contribution in [3.63, 3.8) is 0 Å². The van der Waals surface area contributed by atoms with Gasteiger partial charge in [-0.1, -0.05) is 12.0 Å². The van der Waals surface area contributed by atoms with Crippen molar-refractivity contribution in [3.8, 4) is 18.4 Å². The molecule has 0 amide bonds. The first-order chi connectivity index (χ1) is 7.49. The number of sulfonamides is 1. The average Bonchev–Trinajstić information content (AvgIpc) is 2.27. The number of nitriles is 1. The molecule has 0 radical (unpaired) electrons. The van der Waals surface area contributed by atoms with E-state index in [4.69, 9.17) is 11.7 Å². The van der Waals surface area contributed by atoms with Crippen LogP contribution in [0.1, 0.15) is 12.5 Å². The Hall–Kier alpha value is -1.98. The number of hydrogen-bond donors (Lipinski definition) is 1.